The highest BCUT2D eigenvalue weighted by molar-refractivity contribution is 5.63. The summed E-state index contributed by atoms with van der Waals surface area (Å²) in [6.07, 6.45) is 1.06. The van der Waals surface area contributed by atoms with Crippen LogP contribution in [-0.2, 0) is 0 Å². The molecule has 0 aromatic heterocycles. The first-order valence-electron chi connectivity index (χ1n) is 3.72. The van der Waals surface area contributed by atoms with Crippen molar-refractivity contribution in [1.82, 2.24) is 0 Å². The first kappa shape index (κ1) is 10.8. The van der Waals surface area contributed by atoms with Crippen molar-refractivity contribution in [1.29, 1.82) is 0 Å². The number of hydrogen-bond acceptors (Lipinski definition) is 4. The van der Waals surface area contributed by atoms with Gasteiger partial charge in [-0.2, -0.15) is 4.39 Å². The SMILES string of the molecule is C=Cc1cc(F)c([N+](=O)[O-])cc1[N+](=O)[O-]. The summed E-state index contributed by atoms with van der Waals surface area (Å²) in [5.41, 5.74) is -1.56. The molecular weight excluding hydrogens is 207 g/mol. The standard InChI is InChI=1S/C8H5FN2O4/c1-2-5-3-6(9)8(11(14)15)4-7(5)10(12)13/h2-4H,1H2. The van der Waals surface area contributed by atoms with E-state index in [1.54, 1.807) is 0 Å². The van der Waals surface area contributed by atoms with E-state index in [-0.39, 0.29) is 5.56 Å². The molecule has 0 saturated carbocycles. The second-order valence-electron chi connectivity index (χ2n) is 2.58. The van der Waals surface area contributed by atoms with Crippen molar-refractivity contribution in [3.05, 3.63) is 50.3 Å². The van der Waals surface area contributed by atoms with Gasteiger partial charge in [0, 0.05) is 0 Å². The maximum atomic E-state index is 13.0. The third kappa shape index (κ3) is 1.96. The highest BCUT2D eigenvalue weighted by Crippen LogP contribution is 2.28. The van der Waals surface area contributed by atoms with Crippen LogP contribution in [0.15, 0.2) is 18.7 Å². The number of benzene rings is 1. The Kier molecular flexibility index (Phi) is 2.75. The Morgan fingerprint density at radius 1 is 1.20 bits per heavy atom. The van der Waals surface area contributed by atoms with Gasteiger partial charge in [-0.1, -0.05) is 12.7 Å². The summed E-state index contributed by atoms with van der Waals surface area (Å²) in [6, 6.07) is 1.29. The summed E-state index contributed by atoms with van der Waals surface area (Å²) < 4.78 is 13.0. The minimum absolute atomic E-state index is 0.0944. The van der Waals surface area contributed by atoms with E-state index < -0.39 is 27.0 Å². The largest absolute Gasteiger partial charge is 0.311 e. The zero-order chi connectivity index (χ0) is 11.6. The molecular formula is C8H5FN2O4. The van der Waals surface area contributed by atoms with Crippen LogP contribution < -0.4 is 0 Å². The molecule has 0 spiro atoms. The monoisotopic (exact) mass is 212 g/mol. The zero-order valence-electron chi connectivity index (χ0n) is 7.34. The Labute approximate surface area is 82.9 Å². The van der Waals surface area contributed by atoms with Crippen molar-refractivity contribution >= 4 is 17.5 Å². The van der Waals surface area contributed by atoms with Crippen LogP contribution in [0, 0.1) is 26.0 Å². The number of rotatable bonds is 3. The highest BCUT2D eigenvalue weighted by atomic mass is 19.1. The van der Waals surface area contributed by atoms with E-state index in [2.05, 4.69) is 6.58 Å². The second kappa shape index (κ2) is 3.82. The lowest BCUT2D eigenvalue weighted by atomic mass is 10.1. The molecule has 0 saturated heterocycles. The van der Waals surface area contributed by atoms with Crippen LogP contribution in [-0.4, -0.2) is 9.85 Å². The van der Waals surface area contributed by atoms with Crippen LogP contribution in [0.2, 0.25) is 0 Å². The molecule has 0 atom stereocenters. The third-order valence-electron chi connectivity index (χ3n) is 1.71. The van der Waals surface area contributed by atoms with Crippen LogP contribution in [0.5, 0.6) is 0 Å². The summed E-state index contributed by atoms with van der Waals surface area (Å²) >= 11 is 0. The Hall–Kier alpha value is -2.31. The van der Waals surface area contributed by atoms with Gasteiger partial charge >= 0.3 is 5.69 Å². The Morgan fingerprint density at radius 3 is 2.13 bits per heavy atom. The van der Waals surface area contributed by atoms with Crippen LogP contribution in [0.4, 0.5) is 15.8 Å². The first-order chi connectivity index (χ1) is 6.97. The first-order valence-corrected chi connectivity index (χ1v) is 3.72. The molecule has 0 aliphatic heterocycles. The van der Waals surface area contributed by atoms with Gasteiger partial charge < -0.3 is 0 Å². The van der Waals surface area contributed by atoms with E-state index in [1.165, 1.54) is 0 Å². The number of hydrogen-bond donors (Lipinski definition) is 0. The van der Waals surface area contributed by atoms with Crippen molar-refractivity contribution in [2.24, 2.45) is 0 Å². The van der Waals surface area contributed by atoms with Gasteiger partial charge in [0.1, 0.15) is 0 Å². The van der Waals surface area contributed by atoms with Gasteiger partial charge in [0.05, 0.1) is 21.5 Å². The summed E-state index contributed by atoms with van der Waals surface area (Å²) in [7, 11) is 0. The average molecular weight is 212 g/mol. The smallest absolute Gasteiger partial charge is 0.258 e. The van der Waals surface area contributed by atoms with Crippen LogP contribution >= 0.6 is 0 Å². The third-order valence-corrected chi connectivity index (χ3v) is 1.71. The lowest BCUT2D eigenvalue weighted by molar-refractivity contribution is -0.395. The molecule has 0 heterocycles. The molecule has 0 aliphatic carbocycles. The van der Waals surface area contributed by atoms with E-state index in [0.29, 0.717) is 12.1 Å². The number of nitro benzene ring substituents is 2. The second-order valence-corrected chi connectivity index (χ2v) is 2.58. The fourth-order valence-corrected chi connectivity index (χ4v) is 1.03. The van der Waals surface area contributed by atoms with Gasteiger partial charge in [0.2, 0.25) is 5.82 Å². The Morgan fingerprint density at radius 2 is 1.73 bits per heavy atom. The molecule has 1 aromatic carbocycles. The number of nitrogens with zero attached hydrogens (tertiary/aromatic N) is 2. The molecule has 1 rings (SSSR count). The Bertz CT molecular complexity index is 458. The van der Waals surface area contributed by atoms with Crippen molar-refractivity contribution < 1.29 is 14.2 Å². The molecule has 0 bridgehead atoms. The normalized spacial score (nSPS) is 9.67. The topological polar surface area (TPSA) is 86.3 Å². The molecule has 0 fully saturated rings. The predicted molar refractivity (Wildman–Crippen MR) is 49.8 cm³/mol. The van der Waals surface area contributed by atoms with Crippen LogP contribution in [0.25, 0.3) is 6.08 Å². The molecule has 1 aromatic rings. The fourth-order valence-electron chi connectivity index (χ4n) is 1.03. The highest BCUT2D eigenvalue weighted by Gasteiger charge is 2.22. The van der Waals surface area contributed by atoms with E-state index in [9.17, 15) is 24.6 Å². The molecule has 0 radical (unpaired) electrons. The van der Waals surface area contributed by atoms with Gasteiger partial charge in [0.15, 0.2) is 0 Å². The molecule has 0 amide bonds. The van der Waals surface area contributed by atoms with Crippen molar-refractivity contribution in [2.45, 2.75) is 0 Å². The van der Waals surface area contributed by atoms with Gasteiger partial charge in [-0.15, -0.1) is 0 Å². The fraction of sp³-hybridized carbons (Fsp3) is 0. The van der Waals surface area contributed by atoms with E-state index in [4.69, 9.17) is 0 Å². The molecule has 78 valence electrons. The van der Waals surface area contributed by atoms with Gasteiger partial charge in [-0.3, -0.25) is 20.2 Å². The van der Waals surface area contributed by atoms with Gasteiger partial charge in [-0.25, -0.2) is 0 Å². The molecule has 6 nitrogen and oxygen atoms in total. The maximum Gasteiger partial charge on any atom is 0.311 e. The van der Waals surface area contributed by atoms with Crippen molar-refractivity contribution in [3.63, 3.8) is 0 Å². The number of nitro groups is 2. The Balaban J connectivity index is 3.50. The predicted octanol–water partition coefficient (Wildman–Crippen LogP) is 2.29. The molecule has 0 N–H and O–H groups in total. The minimum atomic E-state index is -1.12. The molecule has 0 unspecified atom stereocenters. The van der Waals surface area contributed by atoms with Gasteiger partial charge in [0.25, 0.3) is 5.69 Å². The minimum Gasteiger partial charge on any atom is -0.258 e. The quantitative estimate of drug-likeness (QED) is 0.568. The maximum absolute atomic E-state index is 13.0. The summed E-state index contributed by atoms with van der Waals surface area (Å²) in [4.78, 5) is 18.9. The van der Waals surface area contributed by atoms with Crippen molar-refractivity contribution in [3.8, 4) is 0 Å². The average Bonchev–Trinajstić information content (AvgIpc) is 2.16. The summed E-state index contributed by atoms with van der Waals surface area (Å²) in [5, 5.41) is 20.8. The zero-order valence-corrected chi connectivity index (χ0v) is 7.34. The summed E-state index contributed by atoms with van der Waals surface area (Å²) in [6.45, 7) is 3.25. The van der Waals surface area contributed by atoms with Gasteiger partial charge in [-0.05, 0) is 6.07 Å². The van der Waals surface area contributed by atoms with Crippen LogP contribution in [0.3, 0.4) is 0 Å². The van der Waals surface area contributed by atoms with E-state index in [1.807, 2.05) is 0 Å². The van der Waals surface area contributed by atoms with Crippen LogP contribution in [0.1, 0.15) is 5.56 Å². The molecule has 15 heavy (non-hydrogen) atoms. The number of halogens is 1. The van der Waals surface area contributed by atoms with E-state index >= 15 is 0 Å². The lowest BCUT2D eigenvalue weighted by Crippen LogP contribution is -1.98. The molecule has 7 heteroatoms. The van der Waals surface area contributed by atoms with E-state index in [0.717, 1.165) is 6.08 Å². The molecule has 0 aliphatic rings. The van der Waals surface area contributed by atoms with Crippen molar-refractivity contribution in [2.75, 3.05) is 0 Å². The lowest BCUT2D eigenvalue weighted by Gasteiger charge is -1.98. The summed E-state index contributed by atoms with van der Waals surface area (Å²) in [5.74, 6) is -1.12.